The fourth-order valence-corrected chi connectivity index (χ4v) is 4.08. The van der Waals surface area contributed by atoms with E-state index in [-0.39, 0.29) is 23.7 Å². The first-order chi connectivity index (χ1) is 14.1. The van der Waals surface area contributed by atoms with Crippen LogP contribution >= 0.6 is 12.4 Å². The predicted molar refractivity (Wildman–Crippen MR) is 123 cm³/mol. The lowest BCUT2D eigenvalue weighted by molar-refractivity contribution is 0.143. The molecule has 7 nitrogen and oxygen atoms in total. The molecule has 1 aromatic carbocycles. The van der Waals surface area contributed by atoms with E-state index < -0.39 is 11.7 Å². The number of nitrogens with one attached hydrogen (secondary N) is 2. The number of halogens is 1. The smallest absolute Gasteiger partial charge is 0.449 e. The van der Waals surface area contributed by atoms with Gasteiger partial charge in [-0.15, -0.1) is 12.4 Å². The Labute approximate surface area is 186 Å². The third-order valence-corrected chi connectivity index (χ3v) is 5.61. The maximum atomic E-state index is 12.4. The Morgan fingerprint density at radius 3 is 2.58 bits per heavy atom. The Bertz CT molecular complexity index is 1200. The van der Waals surface area contributed by atoms with Gasteiger partial charge in [0.1, 0.15) is 0 Å². The number of aryl methyl sites for hydroxylation is 3. The maximum absolute atomic E-state index is 12.4. The summed E-state index contributed by atoms with van der Waals surface area (Å²) in [5, 5.41) is 13.5. The number of nitrogens with zero attached hydrogens (tertiary/aromatic N) is 1. The maximum Gasteiger partial charge on any atom is 0.511 e. The minimum atomic E-state index is -1.49. The SMILES string of the molecule is Cl.Cn1c(CNC(C)(C)C)cc2cc3c(cc21)CCCc1cc(OC(=O)O)c(=O)[nH]c1-3. The molecule has 3 N–H and O–H groups in total. The van der Waals surface area contributed by atoms with Crippen LogP contribution in [0.5, 0.6) is 5.75 Å². The van der Waals surface area contributed by atoms with E-state index in [1.54, 1.807) is 6.07 Å². The second-order valence-corrected chi connectivity index (χ2v) is 8.95. The van der Waals surface area contributed by atoms with E-state index in [1.165, 1.54) is 11.3 Å². The Morgan fingerprint density at radius 2 is 1.90 bits per heavy atom. The molecule has 0 amide bonds. The highest BCUT2D eigenvalue weighted by atomic mass is 35.5. The highest BCUT2D eigenvalue weighted by Gasteiger charge is 2.21. The van der Waals surface area contributed by atoms with E-state index in [2.05, 4.69) is 65.6 Å². The molecule has 0 bridgehead atoms. The number of aromatic nitrogens is 2. The molecule has 0 fully saturated rings. The summed E-state index contributed by atoms with van der Waals surface area (Å²) in [5.41, 5.74) is 5.68. The van der Waals surface area contributed by atoms with Gasteiger partial charge in [-0.25, -0.2) is 4.79 Å². The molecule has 31 heavy (non-hydrogen) atoms. The molecule has 3 aromatic rings. The normalized spacial score (nSPS) is 13.2. The second kappa shape index (κ2) is 8.40. The number of aromatic amines is 1. The third-order valence-electron chi connectivity index (χ3n) is 5.61. The first kappa shape index (κ1) is 22.9. The van der Waals surface area contributed by atoms with Crippen LogP contribution in [0.1, 0.15) is 44.0 Å². The molecule has 8 heteroatoms. The summed E-state index contributed by atoms with van der Waals surface area (Å²) in [7, 11) is 2.08. The highest BCUT2D eigenvalue weighted by molar-refractivity contribution is 5.88. The number of benzene rings is 1. The predicted octanol–water partition coefficient (Wildman–Crippen LogP) is 4.39. The molecule has 0 unspecified atom stereocenters. The molecule has 4 rings (SSSR count). The van der Waals surface area contributed by atoms with Crippen molar-refractivity contribution in [2.24, 2.45) is 7.05 Å². The molecule has 2 aromatic heterocycles. The Hall–Kier alpha value is -2.77. The van der Waals surface area contributed by atoms with Gasteiger partial charge in [-0.05, 0) is 75.4 Å². The number of hydrogen-bond acceptors (Lipinski definition) is 4. The second-order valence-electron chi connectivity index (χ2n) is 8.95. The van der Waals surface area contributed by atoms with Crippen LogP contribution in [0.4, 0.5) is 4.79 Å². The van der Waals surface area contributed by atoms with Gasteiger partial charge in [0.25, 0.3) is 5.56 Å². The average molecular weight is 446 g/mol. The summed E-state index contributed by atoms with van der Waals surface area (Å²) in [6.07, 6.45) is 1.05. The van der Waals surface area contributed by atoms with Crippen molar-refractivity contribution >= 4 is 29.5 Å². The number of ether oxygens (including phenoxy) is 1. The van der Waals surface area contributed by atoms with Gasteiger partial charge in [0, 0.05) is 41.3 Å². The number of H-pyrrole nitrogens is 1. The Morgan fingerprint density at radius 1 is 1.19 bits per heavy atom. The highest BCUT2D eigenvalue weighted by Crippen LogP contribution is 2.35. The molecule has 1 aliphatic rings. The minimum Gasteiger partial charge on any atom is -0.449 e. The van der Waals surface area contributed by atoms with E-state index in [4.69, 9.17) is 5.11 Å². The van der Waals surface area contributed by atoms with E-state index >= 15 is 0 Å². The quantitative estimate of drug-likeness (QED) is 0.519. The minimum absolute atomic E-state index is 0. The van der Waals surface area contributed by atoms with E-state index in [1.807, 2.05) is 0 Å². The number of pyridine rings is 1. The number of hydrogen-bond donors (Lipinski definition) is 3. The fraction of sp³-hybridized carbons (Fsp3) is 0.391. The van der Waals surface area contributed by atoms with Gasteiger partial charge in [-0.2, -0.15) is 0 Å². The summed E-state index contributed by atoms with van der Waals surface area (Å²) in [4.78, 5) is 26.1. The molecule has 0 atom stereocenters. The molecular weight excluding hydrogens is 418 g/mol. The van der Waals surface area contributed by atoms with Gasteiger partial charge in [0.05, 0.1) is 5.69 Å². The summed E-state index contributed by atoms with van der Waals surface area (Å²) in [5.74, 6) is -0.180. The molecule has 1 aliphatic carbocycles. The van der Waals surface area contributed by atoms with Crippen molar-refractivity contribution in [3.8, 4) is 17.0 Å². The van der Waals surface area contributed by atoms with Gasteiger partial charge in [-0.3, -0.25) is 4.79 Å². The number of carboxylic acid groups (broad SMARTS) is 1. The van der Waals surface area contributed by atoms with Gasteiger partial charge >= 0.3 is 6.16 Å². The first-order valence-corrected chi connectivity index (χ1v) is 10.2. The Kier molecular flexibility index (Phi) is 6.21. The molecule has 0 spiro atoms. The summed E-state index contributed by atoms with van der Waals surface area (Å²) >= 11 is 0. The molecular formula is C23H28ClN3O4. The van der Waals surface area contributed by atoms with Crippen molar-refractivity contribution < 1.29 is 14.6 Å². The zero-order chi connectivity index (χ0) is 21.6. The summed E-state index contributed by atoms with van der Waals surface area (Å²) in [6.45, 7) is 7.21. The molecule has 0 saturated heterocycles. The van der Waals surface area contributed by atoms with Crippen LogP contribution in [0.3, 0.4) is 0 Å². The fourth-order valence-electron chi connectivity index (χ4n) is 4.08. The lowest BCUT2D eigenvalue weighted by Crippen LogP contribution is -2.35. The van der Waals surface area contributed by atoms with E-state index in [9.17, 15) is 9.59 Å². The van der Waals surface area contributed by atoms with Crippen molar-refractivity contribution in [1.82, 2.24) is 14.9 Å². The molecule has 0 saturated carbocycles. The van der Waals surface area contributed by atoms with Crippen molar-refractivity contribution in [3.63, 3.8) is 0 Å². The van der Waals surface area contributed by atoms with Gasteiger partial charge < -0.3 is 24.7 Å². The van der Waals surface area contributed by atoms with Crippen LogP contribution in [-0.2, 0) is 26.4 Å². The number of carbonyl (C=O) groups is 1. The van der Waals surface area contributed by atoms with Crippen molar-refractivity contribution in [2.45, 2.75) is 52.1 Å². The summed E-state index contributed by atoms with van der Waals surface area (Å²) < 4.78 is 6.86. The summed E-state index contributed by atoms with van der Waals surface area (Å²) in [6, 6.07) is 8.08. The van der Waals surface area contributed by atoms with Crippen LogP contribution in [-0.4, -0.2) is 26.4 Å². The molecule has 0 aliphatic heterocycles. The number of fused-ring (bicyclic) bond motifs is 4. The monoisotopic (exact) mass is 445 g/mol. The lowest BCUT2D eigenvalue weighted by atomic mass is 9.99. The van der Waals surface area contributed by atoms with Crippen LogP contribution < -0.4 is 15.6 Å². The Balaban J connectivity index is 0.00000272. The lowest BCUT2D eigenvalue weighted by Gasteiger charge is -2.20. The zero-order valence-corrected chi connectivity index (χ0v) is 19.0. The molecule has 0 radical (unpaired) electrons. The molecule has 2 heterocycles. The largest absolute Gasteiger partial charge is 0.511 e. The van der Waals surface area contributed by atoms with Crippen LogP contribution in [0.2, 0.25) is 0 Å². The van der Waals surface area contributed by atoms with Gasteiger partial charge in [0.15, 0.2) is 5.75 Å². The van der Waals surface area contributed by atoms with Crippen LogP contribution in [0.15, 0.2) is 29.1 Å². The van der Waals surface area contributed by atoms with Gasteiger partial charge in [-0.1, -0.05) is 0 Å². The van der Waals surface area contributed by atoms with Gasteiger partial charge in [0.2, 0.25) is 0 Å². The van der Waals surface area contributed by atoms with Crippen molar-refractivity contribution in [2.75, 3.05) is 0 Å². The topological polar surface area (TPSA) is 96.3 Å². The van der Waals surface area contributed by atoms with Crippen LogP contribution in [0.25, 0.3) is 22.2 Å². The van der Waals surface area contributed by atoms with E-state index in [0.717, 1.165) is 53.5 Å². The van der Waals surface area contributed by atoms with E-state index in [0.29, 0.717) is 0 Å². The third kappa shape index (κ3) is 4.62. The van der Waals surface area contributed by atoms with Crippen molar-refractivity contribution in [1.29, 1.82) is 0 Å². The zero-order valence-electron chi connectivity index (χ0n) is 18.2. The van der Waals surface area contributed by atoms with Crippen molar-refractivity contribution in [3.05, 3.63) is 51.4 Å². The number of rotatable bonds is 3. The standard InChI is InChI=1S/C23H27N3O4.ClH/c1-23(2,3)24-12-16-8-15-9-17-13(10-18(15)26(16)4)6-5-7-14-11-19(30-22(28)29)21(27)25-20(14)17;/h8-11,24H,5-7,12H2,1-4H3,(H,25,27)(H,28,29);1H. The average Bonchev–Trinajstić information content (AvgIpc) is 2.85. The van der Waals surface area contributed by atoms with Crippen LogP contribution in [0, 0.1) is 0 Å². The first-order valence-electron chi connectivity index (χ1n) is 10.2. The molecule has 166 valence electrons.